The molecule has 1 rings (SSSR count). The Balaban J connectivity index is 2.21. The maximum Gasteiger partial charge on any atom is 0.317 e. The van der Waals surface area contributed by atoms with Gasteiger partial charge in [0.1, 0.15) is 0 Å². The van der Waals surface area contributed by atoms with E-state index in [1.165, 1.54) is 12.8 Å². The van der Waals surface area contributed by atoms with Crippen molar-refractivity contribution in [2.24, 2.45) is 5.92 Å². The van der Waals surface area contributed by atoms with Crippen LogP contribution >= 0.6 is 0 Å². The fourth-order valence-electron chi connectivity index (χ4n) is 1.56. The first kappa shape index (κ1) is 13.0. The van der Waals surface area contributed by atoms with Crippen molar-refractivity contribution in [3.05, 3.63) is 0 Å². The van der Waals surface area contributed by atoms with E-state index in [-0.39, 0.29) is 19.0 Å². The number of amides is 1. The summed E-state index contributed by atoms with van der Waals surface area (Å²) in [5.74, 6) is -0.298. The van der Waals surface area contributed by atoms with Gasteiger partial charge >= 0.3 is 5.97 Å². The molecule has 0 saturated heterocycles. The third-order valence-corrected chi connectivity index (χ3v) is 2.55. The van der Waals surface area contributed by atoms with Crippen molar-refractivity contribution in [3.63, 3.8) is 0 Å². The van der Waals surface area contributed by atoms with E-state index in [9.17, 15) is 9.59 Å². The highest BCUT2D eigenvalue weighted by Crippen LogP contribution is 2.27. The summed E-state index contributed by atoms with van der Waals surface area (Å²) >= 11 is 0. The van der Waals surface area contributed by atoms with Crippen LogP contribution in [0.4, 0.5) is 0 Å². The number of hydrogen-bond acceptors (Lipinski definition) is 3. The predicted molar refractivity (Wildman–Crippen MR) is 60.1 cm³/mol. The van der Waals surface area contributed by atoms with Crippen LogP contribution in [0.15, 0.2) is 0 Å². The molecule has 5 nitrogen and oxygen atoms in total. The molecule has 16 heavy (non-hydrogen) atoms. The van der Waals surface area contributed by atoms with Crippen LogP contribution in [0.3, 0.4) is 0 Å². The van der Waals surface area contributed by atoms with E-state index in [1.807, 2.05) is 6.92 Å². The first-order chi connectivity index (χ1) is 7.61. The summed E-state index contributed by atoms with van der Waals surface area (Å²) in [6.07, 6.45) is 3.26. The number of nitrogens with one attached hydrogen (secondary N) is 1. The van der Waals surface area contributed by atoms with Crippen molar-refractivity contribution in [2.45, 2.75) is 26.2 Å². The molecule has 2 N–H and O–H groups in total. The number of carbonyl (C=O) groups is 2. The summed E-state index contributed by atoms with van der Waals surface area (Å²) in [6, 6.07) is 0. The second-order valence-electron chi connectivity index (χ2n) is 4.35. The van der Waals surface area contributed by atoms with Crippen molar-refractivity contribution in [3.8, 4) is 0 Å². The largest absolute Gasteiger partial charge is 0.480 e. The lowest BCUT2D eigenvalue weighted by Crippen LogP contribution is -2.40. The smallest absolute Gasteiger partial charge is 0.317 e. The Labute approximate surface area is 95.8 Å². The topological polar surface area (TPSA) is 69.6 Å². The first-order valence-electron chi connectivity index (χ1n) is 5.82. The number of hydrogen-bond donors (Lipinski definition) is 2. The van der Waals surface area contributed by atoms with Gasteiger partial charge < -0.3 is 10.4 Å². The quantitative estimate of drug-likeness (QED) is 0.627. The zero-order valence-corrected chi connectivity index (χ0v) is 9.74. The van der Waals surface area contributed by atoms with Crippen molar-refractivity contribution in [1.82, 2.24) is 10.2 Å². The molecule has 0 spiro atoms. The molecule has 0 unspecified atom stereocenters. The molecule has 0 atom stereocenters. The van der Waals surface area contributed by atoms with Gasteiger partial charge in [-0.3, -0.25) is 14.5 Å². The van der Waals surface area contributed by atoms with Gasteiger partial charge in [-0.1, -0.05) is 6.92 Å². The van der Waals surface area contributed by atoms with Gasteiger partial charge in [-0.05, 0) is 31.7 Å². The average Bonchev–Trinajstić information content (AvgIpc) is 2.97. The van der Waals surface area contributed by atoms with Gasteiger partial charge in [0.2, 0.25) is 5.91 Å². The highest BCUT2D eigenvalue weighted by atomic mass is 16.4. The second-order valence-corrected chi connectivity index (χ2v) is 4.35. The third kappa shape index (κ3) is 5.70. The SMILES string of the molecule is CCCN(CC(=O)O)CC(=O)NCC1CC1. The molecule has 0 bridgehead atoms. The molecular weight excluding hydrogens is 208 g/mol. The van der Waals surface area contributed by atoms with Gasteiger partial charge in [-0.25, -0.2) is 0 Å². The molecule has 92 valence electrons. The lowest BCUT2D eigenvalue weighted by atomic mass is 10.3. The van der Waals surface area contributed by atoms with E-state index >= 15 is 0 Å². The maximum absolute atomic E-state index is 11.5. The first-order valence-corrected chi connectivity index (χ1v) is 5.82. The lowest BCUT2D eigenvalue weighted by Gasteiger charge is -2.18. The van der Waals surface area contributed by atoms with Gasteiger partial charge in [0.05, 0.1) is 13.1 Å². The van der Waals surface area contributed by atoms with Gasteiger partial charge in [0.25, 0.3) is 0 Å². The molecule has 0 heterocycles. The van der Waals surface area contributed by atoms with Crippen LogP contribution in [0, 0.1) is 5.92 Å². The van der Waals surface area contributed by atoms with Crippen LogP contribution in [0.5, 0.6) is 0 Å². The minimum atomic E-state index is -0.886. The van der Waals surface area contributed by atoms with Crippen LogP contribution in [0.25, 0.3) is 0 Å². The van der Waals surface area contributed by atoms with Crippen molar-refractivity contribution < 1.29 is 14.7 Å². The Morgan fingerprint density at radius 3 is 2.56 bits per heavy atom. The Hall–Kier alpha value is -1.10. The molecule has 1 fully saturated rings. The summed E-state index contributed by atoms with van der Waals surface area (Å²) in [5, 5.41) is 11.5. The van der Waals surface area contributed by atoms with E-state index in [0.29, 0.717) is 12.5 Å². The van der Waals surface area contributed by atoms with Crippen molar-refractivity contribution in [2.75, 3.05) is 26.2 Å². The van der Waals surface area contributed by atoms with Crippen LogP contribution in [-0.2, 0) is 9.59 Å². The normalized spacial score (nSPS) is 15.1. The van der Waals surface area contributed by atoms with Crippen LogP contribution < -0.4 is 5.32 Å². The van der Waals surface area contributed by atoms with Gasteiger partial charge in [0, 0.05) is 6.54 Å². The summed E-state index contributed by atoms with van der Waals surface area (Å²) in [7, 11) is 0. The zero-order valence-electron chi connectivity index (χ0n) is 9.74. The standard InChI is InChI=1S/C11H20N2O3/c1-2-5-13(8-11(15)16)7-10(14)12-6-9-3-4-9/h9H,2-8H2,1H3,(H,12,14)(H,15,16). The maximum atomic E-state index is 11.5. The van der Waals surface area contributed by atoms with E-state index in [4.69, 9.17) is 5.11 Å². The number of carboxylic acid groups (broad SMARTS) is 1. The monoisotopic (exact) mass is 228 g/mol. The van der Waals surface area contributed by atoms with Crippen molar-refractivity contribution >= 4 is 11.9 Å². The summed E-state index contributed by atoms with van der Waals surface area (Å²) < 4.78 is 0. The number of nitrogens with zero attached hydrogens (tertiary/aromatic N) is 1. The highest BCUT2D eigenvalue weighted by Gasteiger charge is 2.22. The fraction of sp³-hybridized carbons (Fsp3) is 0.818. The third-order valence-electron chi connectivity index (χ3n) is 2.55. The van der Waals surface area contributed by atoms with Gasteiger partial charge in [0.15, 0.2) is 0 Å². The Morgan fingerprint density at radius 2 is 2.06 bits per heavy atom. The molecular formula is C11H20N2O3. The molecule has 1 saturated carbocycles. The van der Waals surface area contributed by atoms with Crippen molar-refractivity contribution in [1.29, 1.82) is 0 Å². The van der Waals surface area contributed by atoms with E-state index in [1.54, 1.807) is 4.90 Å². The number of aliphatic carboxylic acids is 1. The predicted octanol–water partition coefficient (Wildman–Crippen LogP) is 0.309. The number of rotatable bonds is 8. The molecule has 0 aromatic rings. The van der Waals surface area contributed by atoms with E-state index in [0.717, 1.165) is 13.0 Å². The minimum absolute atomic E-state index is 0.0648. The molecule has 5 heteroatoms. The average molecular weight is 228 g/mol. The van der Waals surface area contributed by atoms with E-state index < -0.39 is 5.97 Å². The lowest BCUT2D eigenvalue weighted by molar-refractivity contribution is -0.138. The zero-order chi connectivity index (χ0) is 12.0. The number of carbonyl (C=O) groups excluding carboxylic acids is 1. The summed E-state index contributed by atoms with van der Waals surface area (Å²) in [5.41, 5.74) is 0. The minimum Gasteiger partial charge on any atom is -0.480 e. The molecule has 0 radical (unpaired) electrons. The molecule has 1 aliphatic rings. The fourth-order valence-corrected chi connectivity index (χ4v) is 1.56. The molecule has 1 amide bonds. The number of carboxylic acids is 1. The Bertz CT molecular complexity index is 252. The van der Waals surface area contributed by atoms with Crippen LogP contribution in [0.2, 0.25) is 0 Å². The van der Waals surface area contributed by atoms with Gasteiger partial charge in [-0.2, -0.15) is 0 Å². The Morgan fingerprint density at radius 1 is 1.38 bits per heavy atom. The van der Waals surface area contributed by atoms with E-state index in [2.05, 4.69) is 5.32 Å². The summed E-state index contributed by atoms with van der Waals surface area (Å²) in [4.78, 5) is 23.7. The molecule has 0 aromatic heterocycles. The molecule has 0 aromatic carbocycles. The Kier molecular flexibility index (Phi) is 5.25. The summed E-state index contributed by atoms with van der Waals surface area (Å²) in [6.45, 7) is 3.48. The van der Waals surface area contributed by atoms with Crippen LogP contribution in [0.1, 0.15) is 26.2 Å². The molecule has 1 aliphatic carbocycles. The van der Waals surface area contributed by atoms with Gasteiger partial charge in [-0.15, -0.1) is 0 Å². The second kappa shape index (κ2) is 6.48. The van der Waals surface area contributed by atoms with Crippen LogP contribution in [-0.4, -0.2) is 48.1 Å². The molecule has 0 aliphatic heterocycles. The highest BCUT2D eigenvalue weighted by molar-refractivity contribution is 5.79.